The first-order chi connectivity index (χ1) is 24.3. The molecule has 0 aliphatic heterocycles. The van der Waals surface area contributed by atoms with Crippen LogP contribution < -0.4 is 4.90 Å². The van der Waals surface area contributed by atoms with Crippen molar-refractivity contribution in [1.82, 2.24) is 0 Å². The average Bonchev–Trinajstić information content (AvgIpc) is 3.74. The summed E-state index contributed by atoms with van der Waals surface area (Å²) >= 11 is 1.85. The molecule has 0 atom stereocenters. The second-order valence-electron chi connectivity index (χ2n) is 12.5. The number of rotatable bonds is 5. The van der Waals surface area contributed by atoms with E-state index in [0.717, 1.165) is 39.0 Å². The number of furan rings is 1. The molecule has 0 spiro atoms. The van der Waals surface area contributed by atoms with Crippen molar-refractivity contribution in [3.05, 3.63) is 176 Å². The number of para-hydroxylation sites is 1. The summed E-state index contributed by atoms with van der Waals surface area (Å²) in [5.41, 5.74) is 9.85. The Balaban J connectivity index is 1.32. The van der Waals surface area contributed by atoms with Crippen molar-refractivity contribution < 1.29 is 4.42 Å². The quantitative estimate of drug-likeness (QED) is 0.186. The van der Waals surface area contributed by atoms with E-state index in [2.05, 4.69) is 169 Å². The van der Waals surface area contributed by atoms with E-state index < -0.39 is 0 Å². The van der Waals surface area contributed by atoms with Gasteiger partial charge in [-0.2, -0.15) is 0 Å². The Hall–Kier alpha value is -6.16. The molecule has 3 heteroatoms. The summed E-state index contributed by atoms with van der Waals surface area (Å²) in [6.45, 7) is 0. The van der Waals surface area contributed by atoms with Gasteiger partial charge in [-0.3, -0.25) is 0 Å². The van der Waals surface area contributed by atoms with Gasteiger partial charge in [0.05, 0.1) is 11.4 Å². The Labute approximate surface area is 287 Å². The van der Waals surface area contributed by atoms with Gasteiger partial charge < -0.3 is 9.32 Å². The molecule has 0 saturated carbocycles. The third kappa shape index (κ3) is 4.55. The van der Waals surface area contributed by atoms with E-state index >= 15 is 0 Å². The molecule has 230 valence electrons. The van der Waals surface area contributed by atoms with Crippen LogP contribution in [-0.4, -0.2) is 0 Å². The molecule has 0 aliphatic rings. The summed E-state index contributed by atoms with van der Waals surface area (Å²) < 4.78 is 8.86. The molecule has 0 bridgehead atoms. The zero-order valence-corrected chi connectivity index (χ0v) is 27.3. The minimum Gasteiger partial charge on any atom is -0.456 e. The molecule has 0 fully saturated rings. The van der Waals surface area contributed by atoms with Crippen molar-refractivity contribution in [2.24, 2.45) is 0 Å². The fourth-order valence-corrected chi connectivity index (χ4v) is 8.55. The Morgan fingerprint density at radius 3 is 2.04 bits per heavy atom. The fraction of sp³-hybridized carbons (Fsp3) is 0. The van der Waals surface area contributed by atoms with Gasteiger partial charge in [-0.15, -0.1) is 11.3 Å². The van der Waals surface area contributed by atoms with Gasteiger partial charge in [0, 0.05) is 42.2 Å². The predicted molar refractivity (Wildman–Crippen MR) is 210 cm³/mol. The van der Waals surface area contributed by atoms with Crippen LogP contribution in [0.15, 0.2) is 180 Å². The summed E-state index contributed by atoms with van der Waals surface area (Å²) in [5, 5.41) is 7.22. The fourth-order valence-electron chi connectivity index (χ4n) is 7.43. The van der Waals surface area contributed by atoms with Crippen molar-refractivity contribution >= 4 is 81.3 Å². The first-order valence-electron chi connectivity index (χ1n) is 16.6. The molecule has 2 aromatic heterocycles. The lowest BCUT2D eigenvalue weighted by Gasteiger charge is -2.29. The van der Waals surface area contributed by atoms with Crippen LogP contribution in [0, 0.1) is 0 Å². The summed E-state index contributed by atoms with van der Waals surface area (Å²) in [5.74, 6) is 0. The van der Waals surface area contributed by atoms with Crippen LogP contribution in [0.2, 0.25) is 0 Å². The highest BCUT2D eigenvalue weighted by atomic mass is 32.1. The van der Waals surface area contributed by atoms with E-state index in [-0.39, 0.29) is 0 Å². The van der Waals surface area contributed by atoms with E-state index in [1.54, 1.807) is 0 Å². The van der Waals surface area contributed by atoms with E-state index in [1.807, 2.05) is 23.5 Å². The van der Waals surface area contributed by atoms with Crippen molar-refractivity contribution in [2.75, 3.05) is 4.90 Å². The van der Waals surface area contributed by atoms with Gasteiger partial charge in [-0.25, -0.2) is 0 Å². The third-order valence-electron chi connectivity index (χ3n) is 9.66. The summed E-state index contributed by atoms with van der Waals surface area (Å²) in [7, 11) is 0. The Bertz CT molecular complexity index is 2840. The smallest absolute Gasteiger partial charge is 0.135 e. The second-order valence-corrected chi connectivity index (χ2v) is 13.6. The topological polar surface area (TPSA) is 16.4 Å². The molecule has 2 nitrogen and oxygen atoms in total. The monoisotopic (exact) mass is 643 g/mol. The number of benzene rings is 8. The van der Waals surface area contributed by atoms with Gasteiger partial charge in [0.15, 0.2) is 0 Å². The van der Waals surface area contributed by atoms with Gasteiger partial charge in [-0.1, -0.05) is 127 Å². The molecule has 0 N–H and O–H groups in total. The Morgan fingerprint density at radius 1 is 0.408 bits per heavy atom. The van der Waals surface area contributed by atoms with Crippen LogP contribution in [0.1, 0.15) is 0 Å². The van der Waals surface area contributed by atoms with Crippen LogP contribution in [0.4, 0.5) is 17.1 Å². The molecule has 49 heavy (non-hydrogen) atoms. The standard InChI is InChI=1S/C46H29NOS/c1-2-12-31(13-3-1)36-26-24-32(35-19-10-15-30-14-4-5-16-34(30)35)28-41(36)47(33-25-27-43-39(29-33)37-17-6-8-21-42(37)48-43)40-20-11-23-45-46(40)38-18-7-9-22-44(38)49-45/h1-29H. The maximum absolute atomic E-state index is 6.31. The lowest BCUT2D eigenvalue weighted by molar-refractivity contribution is 0.669. The molecule has 0 saturated heterocycles. The van der Waals surface area contributed by atoms with Gasteiger partial charge >= 0.3 is 0 Å². The first-order valence-corrected chi connectivity index (χ1v) is 17.4. The number of fused-ring (bicyclic) bond motifs is 7. The molecule has 0 unspecified atom stereocenters. The van der Waals surface area contributed by atoms with Gasteiger partial charge in [-0.05, 0) is 76.0 Å². The van der Waals surface area contributed by atoms with Gasteiger partial charge in [0.25, 0.3) is 0 Å². The third-order valence-corrected chi connectivity index (χ3v) is 10.8. The Kier molecular flexibility index (Phi) is 6.39. The van der Waals surface area contributed by atoms with Crippen LogP contribution in [-0.2, 0) is 0 Å². The number of hydrogen-bond donors (Lipinski definition) is 0. The normalized spacial score (nSPS) is 11.7. The molecule has 0 radical (unpaired) electrons. The van der Waals surface area contributed by atoms with Crippen LogP contribution in [0.3, 0.4) is 0 Å². The number of nitrogens with zero attached hydrogens (tertiary/aromatic N) is 1. The Morgan fingerprint density at radius 2 is 1.12 bits per heavy atom. The highest BCUT2D eigenvalue weighted by Crippen LogP contribution is 2.49. The first kappa shape index (κ1) is 27.9. The molecule has 10 rings (SSSR count). The van der Waals surface area contributed by atoms with Crippen molar-refractivity contribution in [1.29, 1.82) is 0 Å². The number of anilines is 3. The van der Waals surface area contributed by atoms with Crippen LogP contribution in [0.5, 0.6) is 0 Å². The molecule has 0 amide bonds. The molecule has 2 heterocycles. The SMILES string of the molecule is c1ccc(-c2ccc(-c3cccc4ccccc34)cc2N(c2ccc3oc4ccccc4c3c2)c2cccc3sc4ccccc4c23)cc1. The van der Waals surface area contributed by atoms with Crippen molar-refractivity contribution in [2.45, 2.75) is 0 Å². The molecule has 0 aliphatic carbocycles. The highest BCUT2D eigenvalue weighted by molar-refractivity contribution is 7.26. The van der Waals surface area contributed by atoms with E-state index in [0.29, 0.717) is 0 Å². The number of hydrogen-bond acceptors (Lipinski definition) is 3. The number of thiophene rings is 1. The zero-order valence-electron chi connectivity index (χ0n) is 26.5. The molecular weight excluding hydrogens is 615 g/mol. The minimum absolute atomic E-state index is 0.886. The van der Waals surface area contributed by atoms with Gasteiger partial charge in [0.2, 0.25) is 0 Å². The maximum atomic E-state index is 6.31. The molecule has 10 aromatic rings. The molecular formula is C46H29NOS. The van der Waals surface area contributed by atoms with E-state index in [9.17, 15) is 0 Å². The molecule has 8 aromatic carbocycles. The summed E-state index contributed by atoms with van der Waals surface area (Å²) in [6.07, 6.45) is 0. The van der Waals surface area contributed by atoms with Crippen molar-refractivity contribution in [3.8, 4) is 22.3 Å². The maximum Gasteiger partial charge on any atom is 0.135 e. The summed E-state index contributed by atoms with van der Waals surface area (Å²) in [6, 6.07) is 63.4. The highest BCUT2D eigenvalue weighted by Gasteiger charge is 2.23. The lowest BCUT2D eigenvalue weighted by Crippen LogP contribution is -2.12. The second kappa shape index (κ2) is 11.2. The minimum atomic E-state index is 0.886. The van der Waals surface area contributed by atoms with Gasteiger partial charge in [0.1, 0.15) is 11.2 Å². The van der Waals surface area contributed by atoms with Crippen LogP contribution in [0.25, 0.3) is 75.1 Å². The largest absolute Gasteiger partial charge is 0.456 e. The average molecular weight is 644 g/mol. The lowest BCUT2D eigenvalue weighted by atomic mass is 9.94. The van der Waals surface area contributed by atoms with E-state index in [1.165, 1.54) is 53.2 Å². The zero-order chi connectivity index (χ0) is 32.3. The predicted octanol–water partition coefficient (Wildman–Crippen LogP) is 13.9. The van der Waals surface area contributed by atoms with Crippen LogP contribution >= 0.6 is 11.3 Å². The summed E-state index contributed by atoms with van der Waals surface area (Å²) in [4.78, 5) is 2.47. The van der Waals surface area contributed by atoms with E-state index in [4.69, 9.17) is 4.42 Å². The van der Waals surface area contributed by atoms with Crippen molar-refractivity contribution in [3.63, 3.8) is 0 Å².